The quantitative estimate of drug-likeness (QED) is 0.134. The van der Waals surface area contributed by atoms with Crippen LogP contribution in [0, 0.1) is 0 Å². The molecule has 0 radical (unpaired) electrons. The third-order valence-electron chi connectivity index (χ3n) is 12.0. The minimum Gasteiger partial charge on any atom is -0.310 e. The smallest absolute Gasteiger partial charge is 0.0540 e. The molecule has 0 fully saturated rings. The Morgan fingerprint density at radius 3 is 1.02 bits per heavy atom. The molecule has 2 heteroatoms. The molecule has 0 heterocycles. The number of benzene rings is 11. The summed E-state index contributed by atoms with van der Waals surface area (Å²) in [5, 5.41) is 7.26. The fourth-order valence-electron chi connectivity index (χ4n) is 8.90. The lowest BCUT2D eigenvalue weighted by Crippen LogP contribution is -2.10. The van der Waals surface area contributed by atoms with E-state index in [0.717, 1.165) is 34.1 Å². The molecule has 0 spiro atoms. The molecular weight excluding hydrogens is 749 g/mol. The van der Waals surface area contributed by atoms with E-state index in [4.69, 9.17) is 0 Å². The Kier molecular flexibility index (Phi) is 9.57. The largest absolute Gasteiger partial charge is 0.310 e. The molecule has 0 aliphatic rings. The van der Waals surface area contributed by atoms with Crippen molar-refractivity contribution in [3.63, 3.8) is 0 Å². The van der Waals surface area contributed by atoms with Gasteiger partial charge in [-0.05, 0) is 127 Å². The number of hydrogen-bond acceptors (Lipinski definition) is 2. The first-order valence-corrected chi connectivity index (χ1v) is 21.2. The Bertz CT molecular complexity index is 3220. The Balaban J connectivity index is 0.993. The number of rotatable bonds is 9. The first kappa shape index (κ1) is 36.8. The van der Waals surface area contributed by atoms with Gasteiger partial charge in [-0.15, -0.1) is 0 Å². The van der Waals surface area contributed by atoms with E-state index >= 15 is 0 Å². The highest BCUT2D eigenvalue weighted by Crippen LogP contribution is 2.43. The van der Waals surface area contributed by atoms with Crippen molar-refractivity contribution in [2.75, 3.05) is 9.80 Å². The lowest BCUT2D eigenvalue weighted by atomic mass is 9.99. The SMILES string of the molecule is c1ccc(-c2ccc(N(c3ccc(-c4ccccc4)cc3)c3ccc4c(ccc5cc(N(c6ccc(-c7ccccc7)cc6)c6cccc7ccccc67)ccc54)c3)cc2)cc1. The molecule has 0 saturated heterocycles. The molecule has 0 bridgehead atoms. The van der Waals surface area contributed by atoms with E-state index in [1.165, 1.54) is 65.7 Å². The van der Waals surface area contributed by atoms with Crippen LogP contribution in [-0.4, -0.2) is 0 Å². The van der Waals surface area contributed by atoms with Crippen molar-refractivity contribution in [2.24, 2.45) is 0 Å². The van der Waals surface area contributed by atoms with Gasteiger partial charge in [-0.1, -0.05) is 188 Å². The van der Waals surface area contributed by atoms with Crippen LogP contribution < -0.4 is 9.80 Å². The summed E-state index contributed by atoms with van der Waals surface area (Å²) in [5.41, 5.74) is 13.9. The van der Waals surface area contributed by atoms with E-state index in [-0.39, 0.29) is 0 Å². The van der Waals surface area contributed by atoms with Crippen LogP contribution in [0.5, 0.6) is 0 Å². The highest BCUT2D eigenvalue weighted by Gasteiger charge is 2.18. The standard InChI is InChI=1S/C60H42N2/c1-4-13-43(14-5-1)46-25-31-52(32-26-46)61(53-33-27-47(28-34-53)44-15-6-2-7-16-44)55-37-39-57-50(41-55)23-24-51-42-56(38-40-58(51)57)62(60-22-12-20-49-19-10-11-21-59(49)60)54-35-29-48(30-36-54)45-17-8-3-9-18-45/h1-42H. The van der Waals surface area contributed by atoms with E-state index in [9.17, 15) is 0 Å². The van der Waals surface area contributed by atoms with Crippen molar-refractivity contribution in [1.29, 1.82) is 0 Å². The summed E-state index contributed by atoms with van der Waals surface area (Å²) < 4.78 is 0. The predicted molar refractivity (Wildman–Crippen MR) is 265 cm³/mol. The van der Waals surface area contributed by atoms with E-state index < -0.39 is 0 Å². The fourth-order valence-corrected chi connectivity index (χ4v) is 8.90. The molecule has 2 nitrogen and oxygen atoms in total. The van der Waals surface area contributed by atoms with Gasteiger partial charge in [0.05, 0.1) is 5.69 Å². The summed E-state index contributed by atoms with van der Waals surface area (Å²) in [7, 11) is 0. The van der Waals surface area contributed by atoms with Gasteiger partial charge in [0.15, 0.2) is 0 Å². The third kappa shape index (κ3) is 7.04. The van der Waals surface area contributed by atoms with E-state index in [2.05, 4.69) is 265 Å². The molecule has 0 aliphatic heterocycles. The summed E-state index contributed by atoms with van der Waals surface area (Å²) in [6.45, 7) is 0. The van der Waals surface area contributed by atoms with E-state index in [0.29, 0.717) is 0 Å². The second kappa shape index (κ2) is 16.1. The number of fused-ring (bicyclic) bond motifs is 4. The number of hydrogen-bond donors (Lipinski definition) is 0. The van der Waals surface area contributed by atoms with Gasteiger partial charge in [-0.3, -0.25) is 0 Å². The van der Waals surface area contributed by atoms with Crippen LogP contribution in [-0.2, 0) is 0 Å². The Morgan fingerprint density at radius 2 is 0.548 bits per heavy atom. The van der Waals surface area contributed by atoms with E-state index in [1.54, 1.807) is 0 Å². The number of nitrogens with zero attached hydrogens (tertiary/aromatic N) is 2. The van der Waals surface area contributed by atoms with Gasteiger partial charge in [-0.2, -0.15) is 0 Å². The van der Waals surface area contributed by atoms with Crippen molar-refractivity contribution >= 4 is 66.4 Å². The van der Waals surface area contributed by atoms with Crippen molar-refractivity contribution < 1.29 is 0 Å². The van der Waals surface area contributed by atoms with Gasteiger partial charge in [-0.25, -0.2) is 0 Å². The highest BCUT2D eigenvalue weighted by atomic mass is 15.1. The maximum absolute atomic E-state index is 2.40. The number of anilines is 6. The van der Waals surface area contributed by atoms with Gasteiger partial charge in [0.2, 0.25) is 0 Å². The molecule has 292 valence electrons. The topological polar surface area (TPSA) is 6.48 Å². The fraction of sp³-hybridized carbons (Fsp3) is 0. The molecule has 0 saturated carbocycles. The maximum atomic E-state index is 2.40. The zero-order valence-electron chi connectivity index (χ0n) is 34.1. The molecule has 11 aromatic rings. The van der Waals surface area contributed by atoms with Crippen molar-refractivity contribution in [3.05, 3.63) is 255 Å². The van der Waals surface area contributed by atoms with Crippen LogP contribution in [0.1, 0.15) is 0 Å². The van der Waals surface area contributed by atoms with Gasteiger partial charge in [0.1, 0.15) is 0 Å². The molecule has 0 amide bonds. The van der Waals surface area contributed by atoms with Crippen molar-refractivity contribution in [2.45, 2.75) is 0 Å². The summed E-state index contributed by atoms with van der Waals surface area (Å²) in [4.78, 5) is 4.76. The van der Waals surface area contributed by atoms with Crippen LogP contribution in [0.25, 0.3) is 65.7 Å². The van der Waals surface area contributed by atoms with Crippen LogP contribution >= 0.6 is 0 Å². The summed E-state index contributed by atoms with van der Waals surface area (Å²) in [5.74, 6) is 0. The van der Waals surface area contributed by atoms with Gasteiger partial charge in [0, 0.05) is 33.8 Å². The minimum absolute atomic E-state index is 1.10. The van der Waals surface area contributed by atoms with Gasteiger partial charge in [0.25, 0.3) is 0 Å². The summed E-state index contributed by atoms with van der Waals surface area (Å²) in [6, 6.07) is 92.1. The summed E-state index contributed by atoms with van der Waals surface area (Å²) in [6.07, 6.45) is 0. The molecule has 62 heavy (non-hydrogen) atoms. The Hall–Kier alpha value is -8.20. The Labute approximate surface area is 362 Å². The molecule has 0 unspecified atom stereocenters. The van der Waals surface area contributed by atoms with E-state index in [1.807, 2.05) is 0 Å². The first-order chi connectivity index (χ1) is 30.7. The zero-order chi connectivity index (χ0) is 41.2. The van der Waals surface area contributed by atoms with Crippen LogP contribution in [0.2, 0.25) is 0 Å². The van der Waals surface area contributed by atoms with Crippen LogP contribution in [0.15, 0.2) is 255 Å². The molecule has 11 rings (SSSR count). The average molecular weight is 791 g/mol. The molecular formula is C60H42N2. The van der Waals surface area contributed by atoms with Gasteiger partial charge >= 0.3 is 0 Å². The average Bonchev–Trinajstić information content (AvgIpc) is 3.35. The molecule has 0 aliphatic carbocycles. The van der Waals surface area contributed by atoms with Crippen LogP contribution in [0.3, 0.4) is 0 Å². The normalized spacial score (nSPS) is 11.2. The second-order valence-electron chi connectivity index (χ2n) is 15.8. The maximum Gasteiger partial charge on any atom is 0.0540 e. The second-order valence-corrected chi connectivity index (χ2v) is 15.8. The molecule has 11 aromatic carbocycles. The molecule has 0 N–H and O–H groups in total. The van der Waals surface area contributed by atoms with Crippen LogP contribution in [0.4, 0.5) is 34.1 Å². The van der Waals surface area contributed by atoms with Gasteiger partial charge < -0.3 is 9.80 Å². The highest BCUT2D eigenvalue weighted by molar-refractivity contribution is 6.10. The predicted octanol–water partition coefficient (Wildman–Crippen LogP) is 17.1. The summed E-state index contributed by atoms with van der Waals surface area (Å²) >= 11 is 0. The first-order valence-electron chi connectivity index (χ1n) is 21.2. The zero-order valence-corrected chi connectivity index (χ0v) is 34.1. The lowest BCUT2D eigenvalue weighted by molar-refractivity contribution is 1.29. The Morgan fingerprint density at radius 1 is 0.194 bits per heavy atom. The lowest BCUT2D eigenvalue weighted by Gasteiger charge is -2.28. The van der Waals surface area contributed by atoms with Crippen molar-refractivity contribution in [3.8, 4) is 33.4 Å². The molecule has 0 atom stereocenters. The van der Waals surface area contributed by atoms with Crippen molar-refractivity contribution in [1.82, 2.24) is 0 Å². The third-order valence-corrected chi connectivity index (χ3v) is 12.0. The minimum atomic E-state index is 1.10. The monoisotopic (exact) mass is 790 g/mol. The molecule has 0 aromatic heterocycles.